The first-order valence-corrected chi connectivity index (χ1v) is 15.8. The quantitative estimate of drug-likeness (QED) is 0.198. The highest BCUT2D eigenvalue weighted by Gasteiger charge is 2.40. The molecule has 1 radical (unpaired) electrons. The number of rotatable bonds is 16. The van der Waals surface area contributed by atoms with E-state index in [1.807, 2.05) is 26.0 Å². The van der Waals surface area contributed by atoms with Crippen LogP contribution in [0.4, 0.5) is 8.78 Å². The molecule has 221 valence electrons. The van der Waals surface area contributed by atoms with Gasteiger partial charge in [-0.05, 0) is 66.6 Å². The zero-order valence-corrected chi connectivity index (χ0v) is 24.8. The van der Waals surface area contributed by atoms with Crippen LogP contribution in [0.1, 0.15) is 78.8 Å². The minimum Gasteiger partial charge on any atom is -0.347 e. The van der Waals surface area contributed by atoms with Gasteiger partial charge in [0.05, 0.1) is 11.3 Å². The summed E-state index contributed by atoms with van der Waals surface area (Å²) in [4.78, 5) is 17.2. The van der Waals surface area contributed by atoms with Gasteiger partial charge in [-0.2, -0.15) is 0 Å². The highest BCUT2D eigenvalue weighted by Crippen LogP contribution is 2.35. The van der Waals surface area contributed by atoms with Gasteiger partial charge < -0.3 is 10.6 Å². The summed E-state index contributed by atoms with van der Waals surface area (Å²) < 4.78 is 57.5. The summed E-state index contributed by atoms with van der Waals surface area (Å²) in [5, 5.41) is 4.02. The van der Waals surface area contributed by atoms with E-state index in [2.05, 4.69) is 34.7 Å². The second-order valence-corrected chi connectivity index (χ2v) is 12.5. The monoisotopic (exact) mass is 584 g/mol. The van der Waals surface area contributed by atoms with Gasteiger partial charge in [0.2, 0.25) is 0 Å². The van der Waals surface area contributed by atoms with E-state index in [1.54, 1.807) is 6.42 Å². The zero-order valence-electron chi connectivity index (χ0n) is 23.9. The van der Waals surface area contributed by atoms with Crippen molar-refractivity contribution in [3.05, 3.63) is 107 Å². The van der Waals surface area contributed by atoms with Crippen LogP contribution in [-0.4, -0.2) is 37.1 Å². The number of carbonyl (C=O) groups excluding carboxylic acids is 1. The van der Waals surface area contributed by atoms with Gasteiger partial charge in [0, 0.05) is 37.1 Å². The van der Waals surface area contributed by atoms with E-state index in [-0.39, 0.29) is 12.1 Å². The molecule has 3 aromatic rings. The fraction of sp³-hybridized carbons (Fsp3) is 0.406. The number of benzene rings is 2. The minimum atomic E-state index is -4.02. The Morgan fingerprint density at radius 3 is 2.17 bits per heavy atom. The molecule has 0 bridgehead atoms. The largest absolute Gasteiger partial charge is 0.347 e. The molecule has 9 heteroatoms. The highest BCUT2D eigenvalue weighted by atomic mass is 32.2. The molecule has 1 aromatic heterocycles. The Hall–Kier alpha value is -3.17. The molecule has 0 fully saturated rings. The summed E-state index contributed by atoms with van der Waals surface area (Å²) in [5.74, 6) is -2.27. The number of nitrogens with zero attached hydrogens (tertiary/aromatic N) is 1. The number of pyridine rings is 1. The lowest BCUT2D eigenvalue weighted by Crippen LogP contribution is -2.46. The average molecular weight is 585 g/mol. The van der Waals surface area contributed by atoms with Crippen molar-refractivity contribution in [1.29, 1.82) is 0 Å². The molecule has 0 aliphatic heterocycles. The van der Waals surface area contributed by atoms with E-state index in [0.717, 1.165) is 24.1 Å². The molecule has 2 atom stereocenters. The third-order valence-electron chi connectivity index (χ3n) is 7.06. The normalized spacial score (nSPS) is 13.2. The Morgan fingerprint density at radius 1 is 0.927 bits per heavy atom. The standard InChI is InChI=1S/C32H40F2N3O3S/c1-4-8-29(9-5-2)41(39,40)31(26-19-27(33)21-28(34)20-26)30(37-32(38)25-12-15-35-16-13-25)14-17-36-22-24-11-7-10-23(6-3)18-24/h7,10-16,18-21,29-31,36H,4-6,8-9,17,22H2,1-3H3,(H,37,38)/t30-,31?/m0/s1. The van der Waals surface area contributed by atoms with E-state index in [1.165, 1.54) is 30.1 Å². The summed E-state index contributed by atoms with van der Waals surface area (Å²) in [6.07, 6.45) is 7.58. The molecule has 6 nitrogen and oxygen atoms in total. The Bertz CT molecular complexity index is 1340. The van der Waals surface area contributed by atoms with Crippen LogP contribution in [0.25, 0.3) is 0 Å². The topological polar surface area (TPSA) is 88.2 Å². The maximum absolute atomic E-state index is 14.5. The number of hydrogen-bond acceptors (Lipinski definition) is 5. The Kier molecular flexibility index (Phi) is 12.4. The summed E-state index contributed by atoms with van der Waals surface area (Å²) in [7, 11) is -4.02. The summed E-state index contributed by atoms with van der Waals surface area (Å²) in [6.45, 7) is 6.66. The van der Waals surface area contributed by atoms with Crippen LogP contribution in [-0.2, 0) is 22.8 Å². The van der Waals surface area contributed by atoms with Crippen LogP contribution in [0.15, 0.2) is 67.0 Å². The molecule has 1 heterocycles. The van der Waals surface area contributed by atoms with Crippen LogP contribution in [0.2, 0.25) is 0 Å². The SMILES string of the molecule is CCCC(CCC)S(=O)(=O)C(c1cc(F)cc(F)c1)[C@H]([CH]CNCc1cccc(CC)c1)NC(=O)c1ccncc1. The number of halogens is 2. The maximum atomic E-state index is 14.5. The van der Waals surface area contributed by atoms with Gasteiger partial charge in [0.25, 0.3) is 5.91 Å². The van der Waals surface area contributed by atoms with Crippen LogP contribution >= 0.6 is 0 Å². The van der Waals surface area contributed by atoms with Crippen molar-refractivity contribution >= 4 is 15.7 Å². The van der Waals surface area contributed by atoms with Gasteiger partial charge in [-0.3, -0.25) is 9.78 Å². The van der Waals surface area contributed by atoms with Crippen molar-refractivity contribution in [1.82, 2.24) is 15.6 Å². The van der Waals surface area contributed by atoms with Gasteiger partial charge in [0.15, 0.2) is 9.84 Å². The summed E-state index contributed by atoms with van der Waals surface area (Å²) in [6, 6.07) is 12.9. The fourth-order valence-corrected chi connectivity index (χ4v) is 7.69. The number of amides is 1. The van der Waals surface area contributed by atoms with Crippen molar-refractivity contribution in [2.45, 2.75) is 76.0 Å². The molecule has 0 aliphatic carbocycles. The lowest BCUT2D eigenvalue weighted by molar-refractivity contribution is 0.0940. The van der Waals surface area contributed by atoms with Gasteiger partial charge in [-0.25, -0.2) is 17.2 Å². The van der Waals surface area contributed by atoms with Crippen LogP contribution in [0.3, 0.4) is 0 Å². The zero-order chi connectivity index (χ0) is 29.8. The first-order chi connectivity index (χ1) is 19.7. The lowest BCUT2D eigenvalue weighted by Gasteiger charge is -2.32. The van der Waals surface area contributed by atoms with E-state index in [4.69, 9.17) is 0 Å². The predicted molar refractivity (Wildman–Crippen MR) is 159 cm³/mol. The second kappa shape index (κ2) is 15.7. The van der Waals surface area contributed by atoms with Crippen molar-refractivity contribution < 1.29 is 22.0 Å². The van der Waals surface area contributed by atoms with Crippen molar-refractivity contribution in [2.75, 3.05) is 6.54 Å². The second-order valence-electron chi connectivity index (χ2n) is 10.2. The van der Waals surface area contributed by atoms with E-state index in [9.17, 15) is 22.0 Å². The molecule has 0 saturated heterocycles. The van der Waals surface area contributed by atoms with Crippen LogP contribution in [0.5, 0.6) is 0 Å². The van der Waals surface area contributed by atoms with Crippen molar-refractivity contribution in [3.63, 3.8) is 0 Å². The molecule has 1 amide bonds. The molecule has 1 unspecified atom stereocenters. The number of nitrogens with one attached hydrogen (secondary N) is 2. The number of sulfone groups is 1. The van der Waals surface area contributed by atoms with Gasteiger partial charge in [-0.1, -0.05) is 57.9 Å². The minimum absolute atomic E-state index is 0.0355. The molecule has 2 N–H and O–H groups in total. The molecule has 0 spiro atoms. The lowest BCUT2D eigenvalue weighted by atomic mass is 10.0. The Labute approximate surface area is 242 Å². The third kappa shape index (κ3) is 9.16. The Balaban J connectivity index is 1.99. The fourth-order valence-electron chi connectivity index (χ4n) is 5.05. The third-order valence-corrected chi connectivity index (χ3v) is 9.74. The van der Waals surface area contributed by atoms with E-state index < -0.39 is 43.9 Å². The molecular formula is C32H40F2N3O3S. The first-order valence-electron chi connectivity index (χ1n) is 14.2. The molecule has 3 rings (SSSR count). The average Bonchev–Trinajstić information content (AvgIpc) is 2.95. The van der Waals surface area contributed by atoms with Gasteiger partial charge in [0.1, 0.15) is 16.9 Å². The maximum Gasteiger partial charge on any atom is 0.251 e. The predicted octanol–water partition coefficient (Wildman–Crippen LogP) is 6.14. The van der Waals surface area contributed by atoms with Crippen LogP contribution in [0, 0.1) is 18.1 Å². The van der Waals surface area contributed by atoms with Crippen molar-refractivity contribution in [3.8, 4) is 0 Å². The number of aromatic nitrogens is 1. The summed E-state index contributed by atoms with van der Waals surface area (Å²) in [5.41, 5.74) is 2.53. The van der Waals surface area contributed by atoms with Crippen molar-refractivity contribution in [2.24, 2.45) is 0 Å². The van der Waals surface area contributed by atoms with Gasteiger partial charge >= 0.3 is 0 Å². The summed E-state index contributed by atoms with van der Waals surface area (Å²) >= 11 is 0. The molecule has 41 heavy (non-hydrogen) atoms. The first kappa shape index (κ1) is 32.3. The molecule has 0 aliphatic rings. The molecular weight excluding hydrogens is 544 g/mol. The Morgan fingerprint density at radius 2 is 1.56 bits per heavy atom. The van der Waals surface area contributed by atoms with Crippen LogP contribution < -0.4 is 10.6 Å². The molecule has 0 saturated carbocycles. The van der Waals surface area contributed by atoms with Gasteiger partial charge in [-0.15, -0.1) is 0 Å². The smallest absolute Gasteiger partial charge is 0.251 e. The number of carbonyl (C=O) groups is 1. The molecule has 2 aromatic carbocycles. The van der Waals surface area contributed by atoms with E-state index in [0.29, 0.717) is 43.9 Å². The number of hydrogen-bond donors (Lipinski definition) is 2. The van der Waals surface area contributed by atoms with E-state index >= 15 is 0 Å². The highest BCUT2D eigenvalue weighted by molar-refractivity contribution is 7.92. The number of aryl methyl sites for hydroxylation is 1.